The molecule has 7 nitrogen and oxygen atoms in total. The van der Waals surface area contributed by atoms with Gasteiger partial charge in [-0.1, -0.05) is 84.9 Å². The molecule has 4 aromatic carbocycles. The highest BCUT2D eigenvalue weighted by Crippen LogP contribution is 2.35. The summed E-state index contributed by atoms with van der Waals surface area (Å²) in [4.78, 5) is 35.2. The summed E-state index contributed by atoms with van der Waals surface area (Å²) < 4.78 is 15.9. The van der Waals surface area contributed by atoms with Crippen molar-refractivity contribution in [1.29, 1.82) is 0 Å². The van der Waals surface area contributed by atoms with Crippen molar-refractivity contribution in [2.75, 3.05) is 13.2 Å². The van der Waals surface area contributed by atoms with Crippen LogP contribution in [0.5, 0.6) is 0 Å². The lowest BCUT2D eigenvalue weighted by molar-refractivity contribution is -0.142. The van der Waals surface area contributed by atoms with E-state index < -0.39 is 0 Å². The fourth-order valence-electron chi connectivity index (χ4n) is 5.24. The van der Waals surface area contributed by atoms with Crippen molar-refractivity contribution >= 4 is 41.4 Å². The molecular formula is C38H38O7S2. The topological polar surface area (TPSA) is 99.1 Å². The fourth-order valence-corrected chi connectivity index (χ4v) is 7.69. The molecule has 244 valence electrons. The molecule has 4 aromatic rings. The number of carbonyl (C=O) groups excluding carboxylic acids is 3. The van der Waals surface area contributed by atoms with Crippen LogP contribution in [-0.2, 0) is 19.0 Å². The highest BCUT2D eigenvalue weighted by molar-refractivity contribution is 8.00. The first-order valence-corrected chi connectivity index (χ1v) is 17.5. The van der Waals surface area contributed by atoms with Crippen LogP contribution < -0.4 is 0 Å². The number of thioether (sulfide) groups is 2. The molecule has 2 fully saturated rings. The second-order valence-electron chi connectivity index (χ2n) is 11.2. The zero-order chi connectivity index (χ0) is 33.0. The molecule has 2 unspecified atom stereocenters. The minimum atomic E-state index is -0.323. The highest BCUT2D eigenvalue weighted by Gasteiger charge is 2.28. The zero-order valence-corrected chi connectivity index (χ0v) is 27.8. The summed E-state index contributed by atoms with van der Waals surface area (Å²) in [7, 11) is 0. The van der Waals surface area contributed by atoms with E-state index in [0.717, 1.165) is 47.9 Å². The average molecular weight is 671 g/mol. The summed E-state index contributed by atoms with van der Waals surface area (Å²) in [5, 5.41) is 9.83. The lowest BCUT2D eigenvalue weighted by atomic mass is 10.0. The number of ether oxygens (including phenoxy) is 3. The van der Waals surface area contributed by atoms with Gasteiger partial charge in [0.25, 0.3) is 0 Å². The van der Waals surface area contributed by atoms with Crippen LogP contribution >= 0.6 is 23.5 Å². The third-order valence-corrected chi connectivity index (χ3v) is 10.4. The number of hydrogen-bond acceptors (Lipinski definition) is 9. The van der Waals surface area contributed by atoms with Crippen LogP contribution in [0.2, 0.25) is 0 Å². The van der Waals surface area contributed by atoms with E-state index >= 15 is 0 Å². The Bertz CT molecular complexity index is 1600. The number of aliphatic hydroxyl groups excluding tert-OH is 1. The molecule has 1 N–H and O–H groups in total. The molecule has 0 radical (unpaired) electrons. The van der Waals surface area contributed by atoms with Crippen LogP contribution in [0.25, 0.3) is 22.3 Å². The number of hydrogen-bond donors (Lipinski definition) is 1. The molecule has 0 bridgehead atoms. The minimum absolute atomic E-state index is 0.119. The van der Waals surface area contributed by atoms with Gasteiger partial charge < -0.3 is 19.3 Å². The Morgan fingerprint density at radius 2 is 1.02 bits per heavy atom. The van der Waals surface area contributed by atoms with Gasteiger partial charge in [0.05, 0.1) is 16.6 Å². The summed E-state index contributed by atoms with van der Waals surface area (Å²) in [6, 6.07) is 34.9. The summed E-state index contributed by atoms with van der Waals surface area (Å²) in [6.07, 6.45) is 3.35. The SMILES string of the molecule is CC(=O)OC1CC[C@@H](COC(=O)c2ccc(-c3ccccc3)cc2)S1.O=C(OC[C@@H]1CCC(O)S1)c1ccc(-c2ccccc2)cc1. The van der Waals surface area contributed by atoms with Crippen molar-refractivity contribution in [1.82, 2.24) is 0 Å². The lowest BCUT2D eigenvalue weighted by Crippen LogP contribution is -2.14. The minimum Gasteiger partial charge on any atom is -0.461 e. The molecule has 2 aliphatic rings. The summed E-state index contributed by atoms with van der Waals surface area (Å²) >= 11 is 3.04. The molecule has 4 atom stereocenters. The van der Waals surface area contributed by atoms with Crippen LogP contribution in [0.1, 0.15) is 53.3 Å². The van der Waals surface area contributed by atoms with Gasteiger partial charge in [0.1, 0.15) is 18.6 Å². The number of rotatable bonds is 9. The van der Waals surface area contributed by atoms with E-state index in [2.05, 4.69) is 0 Å². The third kappa shape index (κ3) is 10.5. The molecule has 0 spiro atoms. The first-order chi connectivity index (χ1) is 22.8. The van der Waals surface area contributed by atoms with E-state index in [1.165, 1.54) is 18.7 Å². The van der Waals surface area contributed by atoms with Crippen LogP contribution in [-0.4, -0.2) is 57.6 Å². The average Bonchev–Trinajstić information content (AvgIpc) is 3.75. The summed E-state index contributed by atoms with van der Waals surface area (Å²) in [6.45, 7) is 2.11. The molecule has 2 heterocycles. The van der Waals surface area contributed by atoms with Crippen molar-refractivity contribution in [2.45, 2.75) is 54.0 Å². The Balaban J connectivity index is 0.000000186. The Morgan fingerprint density at radius 1 is 0.596 bits per heavy atom. The number of esters is 3. The lowest BCUT2D eigenvalue weighted by Gasteiger charge is -2.12. The molecule has 47 heavy (non-hydrogen) atoms. The van der Waals surface area contributed by atoms with Gasteiger partial charge in [-0.2, -0.15) is 0 Å². The van der Waals surface area contributed by atoms with Gasteiger partial charge in [0.15, 0.2) is 0 Å². The van der Waals surface area contributed by atoms with E-state index in [9.17, 15) is 19.5 Å². The Morgan fingerprint density at radius 3 is 1.45 bits per heavy atom. The largest absolute Gasteiger partial charge is 0.461 e. The van der Waals surface area contributed by atoms with Gasteiger partial charge in [0, 0.05) is 17.4 Å². The fraction of sp³-hybridized carbons (Fsp3) is 0.289. The Labute approximate surface area is 284 Å². The van der Waals surface area contributed by atoms with E-state index in [-0.39, 0.29) is 39.3 Å². The molecule has 0 saturated carbocycles. The Kier molecular flexibility index (Phi) is 12.5. The van der Waals surface area contributed by atoms with E-state index in [4.69, 9.17) is 14.2 Å². The van der Waals surface area contributed by atoms with E-state index in [1.54, 1.807) is 36.0 Å². The van der Waals surface area contributed by atoms with Gasteiger partial charge in [-0.15, -0.1) is 23.5 Å². The standard InChI is InChI=1S/C20H20O4S.C18H18O3S/c1-14(21)24-19-12-11-18(25-19)13-23-20(22)17-9-7-16(8-10-17)15-5-3-2-4-6-15;19-17-11-10-16(22-17)12-21-18(20)15-8-6-14(7-9-15)13-4-2-1-3-5-13/h2-10,18-19H,11-13H2,1H3;1-9,16-17,19H,10-12H2/t18-,19?;16-,17?/m00/s1. The number of benzene rings is 4. The van der Waals surface area contributed by atoms with Crippen molar-refractivity contribution in [2.24, 2.45) is 0 Å². The van der Waals surface area contributed by atoms with Crippen molar-refractivity contribution in [3.8, 4) is 22.3 Å². The predicted octanol–water partition coefficient (Wildman–Crippen LogP) is 8.02. The van der Waals surface area contributed by atoms with Gasteiger partial charge in [0.2, 0.25) is 0 Å². The first kappa shape index (κ1) is 34.3. The van der Waals surface area contributed by atoms with Crippen LogP contribution in [0.15, 0.2) is 109 Å². The Hall–Kier alpha value is -4.05. The van der Waals surface area contributed by atoms with Gasteiger partial charge in [-0.05, 0) is 72.2 Å². The van der Waals surface area contributed by atoms with Crippen LogP contribution in [0.4, 0.5) is 0 Å². The first-order valence-electron chi connectivity index (χ1n) is 15.7. The van der Waals surface area contributed by atoms with Crippen molar-refractivity contribution in [3.63, 3.8) is 0 Å². The molecule has 0 aromatic heterocycles. The molecule has 9 heteroatoms. The van der Waals surface area contributed by atoms with E-state index in [1.807, 2.05) is 84.9 Å². The second kappa shape index (κ2) is 17.2. The summed E-state index contributed by atoms with van der Waals surface area (Å²) in [5.41, 5.74) is 5.04. The predicted molar refractivity (Wildman–Crippen MR) is 187 cm³/mol. The molecule has 2 aliphatic heterocycles. The second-order valence-corrected chi connectivity index (χ2v) is 14.2. The summed E-state index contributed by atoms with van der Waals surface area (Å²) in [5.74, 6) is -0.897. The van der Waals surface area contributed by atoms with Gasteiger partial charge in [-0.3, -0.25) is 4.79 Å². The van der Waals surface area contributed by atoms with Crippen molar-refractivity contribution < 1.29 is 33.7 Å². The maximum atomic E-state index is 12.2. The van der Waals surface area contributed by atoms with E-state index in [0.29, 0.717) is 24.3 Å². The molecular weight excluding hydrogens is 633 g/mol. The number of aliphatic hydroxyl groups is 1. The van der Waals surface area contributed by atoms with Gasteiger partial charge >= 0.3 is 17.9 Å². The third-order valence-electron chi connectivity index (χ3n) is 7.71. The van der Waals surface area contributed by atoms with Crippen LogP contribution in [0.3, 0.4) is 0 Å². The maximum Gasteiger partial charge on any atom is 0.338 e. The quantitative estimate of drug-likeness (QED) is 0.140. The maximum absolute atomic E-state index is 12.2. The van der Waals surface area contributed by atoms with Gasteiger partial charge in [-0.25, -0.2) is 9.59 Å². The zero-order valence-electron chi connectivity index (χ0n) is 26.2. The molecule has 6 rings (SSSR count). The number of carbonyl (C=O) groups is 3. The normalized spacial score (nSPS) is 20.0. The molecule has 0 aliphatic carbocycles. The smallest absolute Gasteiger partial charge is 0.338 e. The highest BCUT2D eigenvalue weighted by atomic mass is 32.2. The molecule has 0 amide bonds. The molecule has 2 saturated heterocycles. The van der Waals surface area contributed by atoms with Crippen LogP contribution in [0, 0.1) is 0 Å². The monoisotopic (exact) mass is 670 g/mol. The van der Waals surface area contributed by atoms with Crippen molar-refractivity contribution in [3.05, 3.63) is 120 Å².